The summed E-state index contributed by atoms with van der Waals surface area (Å²) >= 11 is 0. The number of carbonyl (C=O) groups excluding carboxylic acids is 1. The summed E-state index contributed by atoms with van der Waals surface area (Å²) in [5.41, 5.74) is 6.92. The van der Waals surface area contributed by atoms with Gasteiger partial charge in [0.25, 0.3) is 0 Å². The van der Waals surface area contributed by atoms with Crippen LogP contribution in [0.3, 0.4) is 0 Å². The third kappa shape index (κ3) is 5.84. The number of para-hydroxylation sites is 1. The van der Waals surface area contributed by atoms with Crippen LogP contribution in [0.15, 0.2) is 60.7 Å². The van der Waals surface area contributed by atoms with Crippen LogP contribution in [-0.4, -0.2) is 46.7 Å². The van der Waals surface area contributed by atoms with Gasteiger partial charge < -0.3 is 24.1 Å². The Bertz CT molecular complexity index is 1760. The van der Waals surface area contributed by atoms with E-state index in [9.17, 15) is 4.79 Å². The third-order valence-corrected chi connectivity index (χ3v) is 8.44. The van der Waals surface area contributed by atoms with Crippen molar-refractivity contribution in [3.63, 3.8) is 0 Å². The maximum Gasteiger partial charge on any atom is 0.355 e. The molecule has 0 unspecified atom stereocenters. The molecule has 1 N–H and O–H groups in total. The smallest absolute Gasteiger partial charge is 0.355 e. The summed E-state index contributed by atoms with van der Waals surface area (Å²) in [6.07, 6.45) is 3.25. The number of aryl methyl sites for hydroxylation is 3. The molecule has 44 heavy (non-hydrogen) atoms. The van der Waals surface area contributed by atoms with Gasteiger partial charge in [-0.3, -0.25) is 4.68 Å². The van der Waals surface area contributed by atoms with Gasteiger partial charge in [-0.2, -0.15) is 5.10 Å². The van der Waals surface area contributed by atoms with Crippen molar-refractivity contribution in [1.82, 2.24) is 19.7 Å². The molecule has 0 saturated carbocycles. The van der Waals surface area contributed by atoms with E-state index in [0.29, 0.717) is 51.6 Å². The van der Waals surface area contributed by atoms with Crippen molar-refractivity contribution in [3.05, 3.63) is 83.3 Å². The molecule has 3 heterocycles. The normalized spacial score (nSPS) is 13.5. The molecule has 0 amide bonds. The third-order valence-electron chi connectivity index (χ3n) is 8.44. The van der Waals surface area contributed by atoms with Crippen LogP contribution in [0.4, 0.5) is 0 Å². The topological polar surface area (TPSA) is 79.5 Å². The molecule has 0 radical (unpaired) electrons. The second-order valence-corrected chi connectivity index (χ2v) is 11.3. The van der Waals surface area contributed by atoms with Gasteiger partial charge in [-0.1, -0.05) is 61.5 Å². The zero-order chi connectivity index (χ0) is 30.5. The summed E-state index contributed by atoms with van der Waals surface area (Å²) in [4.78, 5) is 13.7. The van der Waals surface area contributed by atoms with E-state index in [0.717, 1.165) is 81.3 Å². The largest absolute Gasteiger partial charge is 0.493 e. The number of nitrogens with one attached hydrogen (secondary N) is 1. The second kappa shape index (κ2) is 13.7. The van der Waals surface area contributed by atoms with E-state index in [-0.39, 0.29) is 5.97 Å². The summed E-state index contributed by atoms with van der Waals surface area (Å²) < 4.78 is 22.3. The highest BCUT2D eigenvalue weighted by atomic mass is 16.5. The average molecular weight is 595 g/mol. The highest BCUT2D eigenvalue weighted by Gasteiger charge is 2.28. The zero-order valence-electron chi connectivity index (χ0n) is 26.0. The van der Waals surface area contributed by atoms with Gasteiger partial charge in [-0.25, -0.2) is 4.79 Å². The number of hydrogen-bond donors (Lipinski definition) is 1. The van der Waals surface area contributed by atoms with Gasteiger partial charge in [0, 0.05) is 48.6 Å². The Balaban J connectivity index is 1.43. The molecule has 230 valence electrons. The minimum Gasteiger partial charge on any atom is -0.493 e. The minimum atomic E-state index is -0.273. The SMILES string of the molecule is CCNCc1nn(C)c2c1-c1cccc3c(CCCOc4cccc5ccccc45)c(C(=O)OCC)n(c13)CCCCOC2. The van der Waals surface area contributed by atoms with Crippen LogP contribution >= 0.6 is 0 Å². The summed E-state index contributed by atoms with van der Waals surface area (Å²) in [5.74, 6) is 0.609. The van der Waals surface area contributed by atoms with Gasteiger partial charge in [0.1, 0.15) is 11.4 Å². The first-order valence-corrected chi connectivity index (χ1v) is 15.9. The van der Waals surface area contributed by atoms with Crippen molar-refractivity contribution in [2.24, 2.45) is 7.05 Å². The molecule has 2 aromatic heterocycles. The predicted octanol–water partition coefficient (Wildman–Crippen LogP) is 6.80. The maximum atomic E-state index is 13.7. The minimum absolute atomic E-state index is 0.273. The number of hydrogen-bond acceptors (Lipinski definition) is 6. The van der Waals surface area contributed by atoms with Gasteiger partial charge in [0.05, 0.1) is 36.7 Å². The fourth-order valence-electron chi connectivity index (χ4n) is 6.45. The molecule has 1 aliphatic rings. The summed E-state index contributed by atoms with van der Waals surface area (Å²) in [6, 6.07) is 20.8. The average Bonchev–Trinajstić information content (AvgIpc) is 3.52. The Morgan fingerprint density at radius 2 is 1.84 bits per heavy atom. The van der Waals surface area contributed by atoms with Gasteiger partial charge in [0.15, 0.2) is 0 Å². The van der Waals surface area contributed by atoms with Gasteiger partial charge in [-0.15, -0.1) is 0 Å². The fraction of sp³-hybridized carbons (Fsp3) is 0.389. The molecule has 5 aromatic rings. The first kappa shape index (κ1) is 29.9. The number of benzene rings is 3. The Labute approximate surface area is 258 Å². The van der Waals surface area contributed by atoms with Crippen molar-refractivity contribution in [1.29, 1.82) is 0 Å². The van der Waals surface area contributed by atoms with E-state index < -0.39 is 0 Å². The van der Waals surface area contributed by atoms with Crippen molar-refractivity contribution >= 4 is 27.6 Å². The molecule has 0 aliphatic carbocycles. The van der Waals surface area contributed by atoms with Crippen LogP contribution in [0.2, 0.25) is 0 Å². The van der Waals surface area contributed by atoms with Crippen LogP contribution in [-0.2, 0) is 42.6 Å². The van der Waals surface area contributed by atoms with E-state index in [1.54, 1.807) is 0 Å². The molecular weight excluding hydrogens is 552 g/mol. The summed E-state index contributed by atoms with van der Waals surface area (Å²) in [6.45, 7) is 8.18. The predicted molar refractivity (Wildman–Crippen MR) is 174 cm³/mol. The monoisotopic (exact) mass is 594 g/mol. The number of rotatable bonds is 10. The Hall–Kier alpha value is -4.14. The fourth-order valence-corrected chi connectivity index (χ4v) is 6.45. The Morgan fingerprint density at radius 1 is 1.02 bits per heavy atom. The molecule has 0 atom stereocenters. The van der Waals surface area contributed by atoms with Crippen molar-refractivity contribution in [2.45, 2.75) is 59.2 Å². The molecule has 3 aromatic carbocycles. The van der Waals surface area contributed by atoms with Crippen molar-refractivity contribution in [3.8, 4) is 16.9 Å². The molecule has 0 spiro atoms. The van der Waals surface area contributed by atoms with Crippen LogP contribution in [0.5, 0.6) is 5.75 Å². The van der Waals surface area contributed by atoms with Gasteiger partial charge in [0.2, 0.25) is 0 Å². The number of aromatic nitrogens is 3. The molecule has 6 rings (SSSR count). The van der Waals surface area contributed by atoms with Crippen molar-refractivity contribution in [2.75, 3.05) is 26.4 Å². The van der Waals surface area contributed by atoms with E-state index in [1.807, 2.05) is 42.9 Å². The molecule has 0 bridgehead atoms. The molecule has 0 saturated heterocycles. The van der Waals surface area contributed by atoms with Crippen molar-refractivity contribution < 1.29 is 19.0 Å². The lowest BCUT2D eigenvalue weighted by molar-refractivity contribution is 0.0512. The molecular formula is C36H42N4O4. The second-order valence-electron chi connectivity index (χ2n) is 11.3. The standard InChI is InChI=1S/C36H42N4O4/c1-4-37-23-30-33-29-17-11-16-27-28(18-12-22-44-32-19-10-14-25-13-6-7-15-26(25)32)35(36(41)43-5-2)40(34(27)29)20-8-9-21-42-24-31(33)39(3)38-30/h6-7,10-11,13-17,19,37H,4-5,8-9,12,18,20-24H2,1-3H3. The number of carbonyl (C=O) groups is 1. The number of nitrogens with zero attached hydrogens (tertiary/aromatic N) is 3. The van der Waals surface area contributed by atoms with E-state index >= 15 is 0 Å². The highest BCUT2D eigenvalue weighted by molar-refractivity contribution is 6.05. The van der Waals surface area contributed by atoms with Crippen LogP contribution in [0.25, 0.3) is 32.8 Å². The lowest BCUT2D eigenvalue weighted by atomic mass is 9.98. The first-order valence-electron chi connectivity index (χ1n) is 15.9. The highest BCUT2D eigenvalue weighted by Crippen LogP contribution is 2.39. The molecule has 1 aliphatic heterocycles. The quantitative estimate of drug-likeness (QED) is 0.142. The first-order chi connectivity index (χ1) is 21.6. The summed E-state index contributed by atoms with van der Waals surface area (Å²) in [5, 5.41) is 11.7. The van der Waals surface area contributed by atoms with E-state index in [1.165, 1.54) is 0 Å². The maximum absolute atomic E-state index is 13.7. The summed E-state index contributed by atoms with van der Waals surface area (Å²) in [7, 11) is 1.99. The van der Waals surface area contributed by atoms with Crippen LogP contribution in [0, 0.1) is 0 Å². The number of ether oxygens (including phenoxy) is 3. The van der Waals surface area contributed by atoms with Crippen LogP contribution < -0.4 is 10.1 Å². The van der Waals surface area contributed by atoms with E-state index in [2.05, 4.69) is 53.2 Å². The lowest BCUT2D eigenvalue weighted by Crippen LogP contribution is -2.15. The van der Waals surface area contributed by atoms with E-state index in [4.69, 9.17) is 19.3 Å². The molecule has 8 heteroatoms. The van der Waals surface area contributed by atoms with Gasteiger partial charge >= 0.3 is 5.97 Å². The Kier molecular flexibility index (Phi) is 9.28. The Morgan fingerprint density at radius 3 is 2.70 bits per heavy atom. The van der Waals surface area contributed by atoms with Crippen LogP contribution in [0.1, 0.15) is 60.5 Å². The lowest BCUT2D eigenvalue weighted by Gasteiger charge is -2.14. The van der Waals surface area contributed by atoms with Gasteiger partial charge in [-0.05, 0) is 56.2 Å². The number of esters is 1. The number of fused-ring (bicyclic) bond motifs is 3. The molecule has 0 fully saturated rings. The molecule has 8 nitrogen and oxygen atoms in total. The zero-order valence-corrected chi connectivity index (χ0v) is 26.0.